The molecule has 2 rings (SSSR count). The molecule has 0 saturated heterocycles. The van der Waals surface area contributed by atoms with Gasteiger partial charge in [-0.15, -0.1) is 0 Å². The third-order valence-corrected chi connectivity index (χ3v) is 3.03. The van der Waals surface area contributed by atoms with Crippen molar-refractivity contribution in [3.05, 3.63) is 12.2 Å². The fraction of sp³-hybridized carbons (Fsp3) is 0.556. The average molecular weight is 218 g/mol. The lowest BCUT2D eigenvalue weighted by atomic mass is 9.83. The van der Waals surface area contributed by atoms with Gasteiger partial charge in [0.25, 0.3) is 0 Å². The fourth-order valence-corrected chi connectivity index (χ4v) is 2.50. The summed E-state index contributed by atoms with van der Waals surface area (Å²) in [4.78, 5) is 21.6. The van der Waals surface area contributed by atoms with Gasteiger partial charge in [-0.1, -0.05) is 12.2 Å². The maximum atomic E-state index is 10.8. The van der Waals surface area contributed by atoms with Crippen LogP contribution in [0.5, 0.6) is 0 Å². The summed E-state index contributed by atoms with van der Waals surface area (Å²) in [5.41, 5.74) is 0. The number of carboxylic acid groups (broad SMARTS) is 2. The van der Waals surface area contributed by atoms with Crippen LogP contribution in [-0.2, 0) is 9.59 Å². The van der Waals surface area contributed by atoms with Gasteiger partial charge < -0.3 is 21.2 Å². The smallest absolute Gasteiger partial charge is 0.307 e. The monoisotopic (exact) mass is 218 g/mol. The first kappa shape index (κ1) is 13.6. The van der Waals surface area contributed by atoms with Gasteiger partial charge in [0.15, 0.2) is 0 Å². The van der Waals surface area contributed by atoms with Crippen molar-refractivity contribution in [3.63, 3.8) is 0 Å². The maximum Gasteiger partial charge on any atom is 0.307 e. The van der Waals surface area contributed by atoms with Gasteiger partial charge in [0.2, 0.25) is 0 Å². The summed E-state index contributed by atoms with van der Waals surface area (Å²) >= 11 is 0. The summed E-state index contributed by atoms with van der Waals surface area (Å²) in [7, 11) is 0. The van der Waals surface area contributed by atoms with Gasteiger partial charge in [0.1, 0.15) is 0 Å². The number of carboxylic acids is 2. The summed E-state index contributed by atoms with van der Waals surface area (Å²) in [6, 6.07) is 0. The van der Waals surface area contributed by atoms with E-state index in [1.807, 2.05) is 12.2 Å². The molecule has 2 aliphatic rings. The molecule has 1 saturated carbocycles. The van der Waals surface area contributed by atoms with Crippen molar-refractivity contribution in [1.82, 2.24) is 0 Å². The molecule has 0 aromatic rings. The first-order valence-electron chi connectivity index (χ1n) is 4.25. The number of hydrogen-bond acceptors (Lipinski definition) is 2. The van der Waals surface area contributed by atoms with Gasteiger partial charge in [-0.05, 0) is 18.3 Å². The third kappa shape index (κ3) is 1.86. The molecule has 0 heterocycles. The molecule has 15 heavy (non-hydrogen) atoms. The predicted octanol–water partition coefficient (Wildman–Crippen LogP) is -1.06. The second kappa shape index (κ2) is 4.41. The van der Waals surface area contributed by atoms with Crippen LogP contribution in [-0.4, -0.2) is 33.1 Å². The SMILES string of the molecule is O.O.O=C(O)C1C2C=CC(C2)C1C(=O)O. The zero-order valence-electron chi connectivity index (χ0n) is 7.88. The molecule has 6 nitrogen and oxygen atoms in total. The quantitative estimate of drug-likeness (QED) is 0.570. The molecule has 2 aliphatic carbocycles. The molecule has 0 aromatic heterocycles. The summed E-state index contributed by atoms with van der Waals surface area (Å²) in [6.45, 7) is 0. The topological polar surface area (TPSA) is 138 Å². The van der Waals surface area contributed by atoms with E-state index < -0.39 is 23.8 Å². The Bertz CT molecular complexity index is 269. The van der Waals surface area contributed by atoms with E-state index >= 15 is 0 Å². The van der Waals surface area contributed by atoms with E-state index in [0.717, 1.165) is 0 Å². The molecule has 0 aromatic carbocycles. The van der Waals surface area contributed by atoms with Crippen molar-refractivity contribution in [1.29, 1.82) is 0 Å². The van der Waals surface area contributed by atoms with E-state index in [1.54, 1.807) is 0 Å². The Labute approximate surface area is 85.8 Å². The number of hydrogen-bond donors (Lipinski definition) is 2. The van der Waals surface area contributed by atoms with Crippen LogP contribution >= 0.6 is 0 Å². The number of carbonyl (C=O) groups is 2. The van der Waals surface area contributed by atoms with Crippen molar-refractivity contribution < 1.29 is 30.8 Å². The van der Waals surface area contributed by atoms with Gasteiger partial charge in [-0.3, -0.25) is 9.59 Å². The number of allylic oxidation sites excluding steroid dienone is 2. The molecule has 4 unspecified atom stereocenters. The van der Waals surface area contributed by atoms with E-state index in [0.29, 0.717) is 6.42 Å². The highest BCUT2D eigenvalue weighted by Crippen LogP contribution is 2.48. The molecule has 1 fully saturated rings. The van der Waals surface area contributed by atoms with Crippen LogP contribution in [0, 0.1) is 23.7 Å². The molecule has 4 atom stereocenters. The molecular formula is C9H14O6. The lowest BCUT2D eigenvalue weighted by Gasteiger charge is -2.20. The van der Waals surface area contributed by atoms with Crippen molar-refractivity contribution in [2.75, 3.05) is 0 Å². The fourth-order valence-electron chi connectivity index (χ4n) is 2.50. The van der Waals surface area contributed by atoms with Crippen molar-refractivity contribution in [2.24, 2.45) is 23.7 Å². The van der Waals surface area contributed by atoms with E-state index in [4.69, 9.17) is 10.2 Å². The van der Waals surface area contributed by atoms with Crippen LogP contribution in [0.2, 0.25) is 0 Å². The average Bonchev–Trinajstić information content (AvgIpc) is 2.60. The van der Waals surface area contributed by atoms with Crippen LogP contribution in [0.4, 0.5) is 0 Å². The Balaban J connectivity index is 0.000000980. The van der Waals surface area contributed by atoms with Crippen molar-refractivity contribution in [3.8, 4) is 0 Å². The van der Waals surface area contributed by atoms with Crippen molar-refractivity contribution in [2.45, 2.75) is 6.42 Å². The molecule has 6 N–H and O–H groups in total. The lowest BCUT2D eigenvalue weighted by Crippen LogP contribution is -2.32. The van der Waals surface area contributed by atoms with Crippen LogP contribution in [0.3, 0.4) is 0 Å². The standard InChI is InChI=1S/C9H10O4.2H2O/c10-8(11)6-4-1-2-5(3-4)7(6)9(12)13;;/h1-2,4-7H,3H2,(H,10,11)(H,12,13);2*1H2. The molecule has 0 spiro atoms. The lowest BCUT2D eigenvalue weighted by molar-refractivity contribution is -0.154. The molecular weight excluding hydrogens is 204 g/mol. The van der Waals surface area contributed by atoms with E-state index in [-0.39, 0.29) is 22.8 Å². The molecule has 6 heteroatoms. The molecule has 86 valence electrons. The minimum atomic E-state index is -0.982. The first-order chi connectivity index (χ1) is 6.11. The number of aliphatic carboxylic acids is 2. The van der Waals surface area contributed by atoms with E-state index in [1.165, 1.54) is 0 Å². The van der Waals surface area contributed by atoms with Gasteiger partial charge in [-0.25, -0.2) is 0 Å². The number of fused-ring (bicyclic) bond motifs is 2. The van der Waals surface area contributed by atoms with E-state index in [9.17, 15) is 9.59 Å². The highest BCUT2D eigenvalue weighted by molar-refractivity contribution is 5.82. The zero-order valence-corrected chi connectivity index (χ0v) is 7.88. The van der Waals surface area contributed by atoms with Crippen molar-refractivity contribution >= 4 is 11.9 Å². The Kier molecular flexibility index (Phi) is 4.00. The Morgan fingerprint density at radius 2 is 1.27 bits per heavy atom. The largest absolute Gasteiger partial charge is 0.481 e. The van der Waals surface area contributed by atoms with Crippen LogP contribution in [0.25, 0.3) is 0 Å². The Morgan fingerprint density at radius 3 is 1.53 bits per heavy atom. The third-order valence-electron chi connectivity index (χ3n) is 3.03. The van der Waals surface area contributed by atoms with Gasteiger partial charge in [-0.2, -0.15) is 0 Å². The minimum absolute atomic E-state index is 0. The normalized spacial score (nSPS) is 35.5. The minimum Gasteiger partial charge on any atom is -0.481 e. The molecule has 0 amide bonds. The van der Waals surface area contributed by atoms with Gasteiger partial charge in [0, 0.05) is 0 Å². The highest BCUT2D eigenvalue weighted by atomic mass is 16.4. The van der Waals surface area contributed by atoms with Crippen LogP contribution in [0.1, 0.15) is 6.42 Å². The second-order valence-corrected chi connectivity index (χ2v) is 3.68. The van der Waals surface area contributed by atoms with Gasteiger partial charge in [0.05, 0.1) is 11.8 Å². The summed E-state index contributed by atoms with van der Waals surface area (Å²) in [5, 5.41) is 17.7. The molecule has 2 bridgehead atoms. The summed E-state index contributed by atoms with van der Waals surface area (Å²) < 4.78 is 0. The summed E-state index contributed by atoms with van der Waals surface area (Å²) in [6.07, 6.45) is 4.36. The van der Waals surface area contributed by atoms with Crippen LogP contribution in [0.15, 0.2) is 12.2 Å². The van der Waals surface area contributed by atoms with Crippen LogP contribution < -0.4 is 0 Å². The zero-order chi connectivity index (χ0) is 9.59. The predicted molar refractivity (Wildman–Crippen MR) is 50.2 cm³/mol. The maximum absolute atomic E-state index is 10.8. The van der Waals surface area contributed by atoms with Gasteiger partial charge >= 0.3 is 11.9 Å². The summed E-state index contributed by atoms with van der Waals surface area (Å²) in [5.74, 6) is -3.53. The second-order valence-electron chi connectivity index (χ2n) is 3.68. The Morgan fingerprint density at radius 1 is 0.933 bits per heavy atom. The highest BCUT2D eigenvalue weighted by Gasteiger charge is 2.51. The molecule has 0 radical (unpaired) electrons. The first-order valence-corrected chi connectivity index (χ1v) is 4.25. The number of rotatable bonds is 2. The Hall–Kier alpha value is -1.40. The molecule has 0 aliphatic heterocycles. The van der Waals surface area contributed by atoms with E-state index in [2.05, 4.69) is 0 Å².